The summed E-state index contributed by atoms with van der Waals surface area (Å²) >= 11 is 1.65. The summed E-state index contributed by atoms with van der Waals surface area (Å²) in [6, 6.07) is 14.1. The number of carbonyl (C=O) groups excluding carboxylic acids is 1. The first-order valence-electron chi connectivity index (χ1n) is 8.29. The average molecular weight is 389 g/mol. The van der Waals surface area contributed by atoms with Gasteiger partial charge in [0.05, 0.1) is 16.1 Å². The van der Waals surface area contributed by atoms with Crippen molar-refractivity contribution >= 4 is 29.7 Å². The molecule has 2 aromatic heterocycles. The number of likely N-dealkylation sites (N-methyl/N-ethyl adjacent to an activating group) is 1. The van der Waals surface area contributed by atoms with Crippen molar-refractivity contribution in [2.75, 3.05) is 7.05 Å². The minimum absolute atomic E-state index is 0. The molecule has 1 fully saturated rings. The van der Waals surface area contributed by atoms with E-state index in [2.05, 4.69) is 6.07 Å². The molecule has 0 radical (unpaired) electrons. The molecule has 2 N–H and O–H groups in total. The normalized spacial score (nSPS) is 14.5. The van der Waals surface area contributed by atoms with E-state index in [4.69, 9.17) is 10.8 Å². The summed E-state index contributed by atoms with van der Waals surface area (Å²) in [6.45, 7) is 0.498. The summed E-state index contributed by atoms with van der Waals surface area (Å²) in [6.07, 6.45) is 3.55. The molecule has 0 saturated heterocycles. The highest BCUT2D eigenvalue weighted by molar-refractivity contribution is 7.13. The number of nitrogens with zero attached hydrogens (tertiary/aromatic N) is 3. The Balaban J connectivity index is 0.00000196. The van der Waals surface area contributed by atoms with Crippen LogP contribution in [0.25, 0.3) is 16.3 Å². The number of carbonyl (C=O) groups is 1. The van der Waals surface area contributed by atoms with E-state index in [1.807, 2.05) is 59.7 Å². The Labute approximate surface area is 162 Å². The number of aromatic nitrogens is 2. The third kappa shape index (κ3) is 3.53. The van der Waals surface area contributed by atoms with Gasteiger partial charge in [0.25, 0.3) is 0 Å². The lowest BCUT2D eigenvalue weighted by molar-refractivity contribution is -0.132. The number of benzene rings is 1. The second kappa shape index (κ2) is 7.23. The van der Waals surface area contributed by atoms with Crippen molar-refractivity contribution in [1.29, 1.82) is 0 Å². The Hall–Kier alpha value is -2.15. The van der Waals surface area contributed by atoms with Gasteiger partial charge in [-0.3, -0.25) is 4.79 Å². The van der Waals surface area contributed by atoms with E-state index in [0.29, 0.717) is 6.54 Å². The van der Waals surface area contributed by atoms with Crippen LogP contribution in [-0.2, 0) is 11.3 Å². The molecule has 0 aliphatic heterocycles. The van der Waals surface area contributed by atoms with Gasteiger partial charge >= 0.3 is 0 Å². The molecule has 5 nitrogen and oxygen atoms in total. The zero-order valence-corrected chi connectivity index (χ0v) is 16.1. The molecule has 136 valence electrons. The summed E-state index contributed by atoms with van der Waals surface area (Å²) in [7, 11) is 1.81. The van der Waals surface area contributed by atoms with Crippen molar-refractivity contribution in [3.63, 3.8) is 0 Å². The highest BCUT2D eigenvalue weighted by Gasteiger charge is 2.47. The molecule has 26 heavy (non-hydrogen) atoms. The lowest BCUT2D eigenvalue weighted by Crippen LogP contribution is -2.43. The molecule has 2 heterocycles. The van der Waals surface area contributed by atoms with Gasteiger partial charge in [-0.15, -0.1) is 23.7 Å². The number of nitrogens with two attached hydrogens (primary N) is 1. The standard InChI is InChI=1S/C19H20N4OS.ClH/c1-22(18(24)19(20)9-10-19)12-14-13-23(15-6-3-2-4-7-15)21-17(14)16-8-5-11-25-16;/h2-8,11,13H,9-10,12,20H2,1H3;1H. The summed E-state index contributed by atoms with van der Waals surface area (Å²) in [5, 5.41) is 6.81. The molecule has 1 aromatic carbocycles. The van der Waals surface area contributed by atoms with Crippen LogP contribution in [0.3, 0.4) is 0 Å². The second-order valence-corrected chi connectivity index (χ2v) is 7.53. The van der Waals surface area contributed by atoms with E-state index in [-0.39, 0.29) is 18.3 Å². The molecule has 1 saturated carbocycles. The van der Waals surface area contributed by atoms with Crippen LogP contribution in [0.15, 0.2) is 54.0 Å². The first-order chi connectivity index (χ1) is 12.1. The van der Waals surface area contributed by atoms with E-state index < -0.39 is 5.54 Å². The molecule has 1 amide bonds. The van der Waals surface area contributed by atoms with Crippen LogP contribution in [0.5, 0.6) is 0 Å². The molecular formula is C19H21ClN4OS. The fourth-order valence-corrected chi connectivity index (χ4v) is 3.66. The topological polar surface area (TPSA) is 64.2 Å². The van der Waals surface area contributed by atoms with Crippen LogP contribution >= 0.6 is 23.7 Å². The minimum Gasteiger partial charge on any atom is -0.340 e. The van der Waals surface area contributed by atoms with Gasteiger partial charge in [-0.1, -0.05) is 24.3 Å². The number of rotatable bonds is 5. The molecule has 0 spiro atoms. The molecule has 1 aliphatic rings. The quantitative estimate of drug-likeness (QED) is 0.727. The van der Waals surface area contributed by atoms with Crippen molar-refractivity contribution in [3.8, 4) is 16.3 Å². The Kier molecular flexibility index (Phi) is 5.18. The van der Waals surface area contributed by atoms with Crippen LogP contribution in [0.4, 0.5) is 0 Å². The second-order valence-electron chi connectivity index (χ2n) is 6.58. The van der Waals surface area contributed by atoms with Gasteiger partial charge in [0.15, 0.2) is 0 Å². The van der Waals surface area contributed by atoms with Crippen molar-refractivity contribution in [2.24, 2.45) is 5.73 Å². The van der Waals surface area contributed by atoms with Gasteiger partial charge in [-0.2, -0.15) is 5.10 Å². The maximum atomic E-state index is 12.5. The maximum absolute atomic E-state index is 12.5. The molecule has 0 atom stereocenters. The Morgan fingerprint density at radius 3 is 2.62 bits per heavy atom. The lowest BCUT2D eigenvalue weighted by Gasteiger charge is -2.20. The Morgan fingerprint density at radius 1 is 1.27 bits per heavy atom. The summed E-state index contributed by atoms with van der Waals surface area (Å²) < 4.78 is 1.87. The van der Waals surface area contributed by atoms with Gasteiger partial charge in [0.1, 0.15) is 5.69 Å². The van der Waals surface area contributed by atoms with E-state index in [0.717, 1.165) is 34.7 Å². The van der Waals surface area contributed by atoms with Crippen LogP contribution in [-0.4, -0.2) is 33.2 Å². The fraction of sp³-hybridized carbons (Fsp3) is 0.263. The van der Waals surface area contributed by atoms with Crippen molar-refractivity contribution in [1.82, 2.24) is 14.7 Å². The molecule has 4 rings (SSSR count). The molecule has 0 bridgehead atoms. The van der Waals surface area contributed by atoms with Crippen molar-refractivity contribution in [2.45, 2.75) is 24.9 Å². The van der Waals surface area contributed by atoms with Gasteiger partial charge in [0, 0.05) is 25.4 Å². The van der Waals surface area contributed by atoms with Crippen LogP contribution in [0.2, 0.25) is 0 Å². The largest absolute Gasteiger partial charge is 0.340 e. The Morgan fingerprint density at radius 2 is 2.00 bits per heavy atom. The van der Waals surface area contributed by atoms with E-state index in [1.54, 1.807) is 16.2 Å². The highest BCUT2D eigenvalue weighted by Crippen LogP contribution is 2.35. The van der Waals surface area contributed by atoms with Gasteiger partial charge in [0.2, 0.25) is 5.91 Å². The smallest absolute Gasteiger partial charge is 0.242 e. The summed E-state index contributed by atoms with van der Waals surface area (Å²) in [5.41, 5.74) is 8.35. The van der Waals surface area contributed by atoms with Crippen LogP contribution < -0.4 is 5.73 Å². The number of hydrogen-bond donors (Lipinski definition) is 1. The third-order valence-corrected chi connectivity index (χ3v) is 5.41. The summed E-state index contributed by atoms with van der Waals surface area (Å²) in [5.74, 6) is 0.0112. The first kappa shape index (κ1) is 18.6. The Bertz CT molecular complexity index is 888. The van der Waals surface area contributed by atoms with Crippen LogP contribution in [0.1, 0.15) is 18.4 Å². The molecule has 1 aliphatic carbocycles. The highest BCUT2D eigenvalue weighted by atomic mass is 35.5. The maximum Gasteiger partial charge on any atom is 0.242 e. The number of halogens is 1. The number of hydrogen-bond acceptors (Lipinski definition) is 4. The van der Waals surface area contributed by atoms with Crippen LogP contribution in [0, 0.1) is 0 Å². The van der Waals surface area contributed by atoms with Gasteiger partial charge in [-0.25, -0.2) is 4.68 Å². The van der Waals surface area contributed by atoms with E-state index in [9.17, 15) is 4.79 Å². The van der Waals surface area contributed by atoms with Gasteiger partial charge in [-0.05, 0) is 36.4 Å². The van der Waals surface area contributed by atoms with E-state index >= 15 is 0 Å². The lowest BCUT2D eigenvalue weighted by atomic mass is 10.2. The minimum atomic E-state index is -0.646. The molecular weight excluding hydrogens is 368 g/mol. The molecule has 0 unspecified atom stereocenters. The molecule has 7 heteroatoms. The monoisotopic (exact) mass is 388 g/mol. The average Bonchev–Trinajstić information content (AvgIpc) is 3.05. The number of amides is 1. The third-order valence-electron chi connectivity index (χ3n) is 4.53. The number of para-hydroxylation sites is 1. The fourth-order valence-electron chi connectivity index (χ4n) is 2.92. The molecule has 3 aromatic rings. The summed E-state index contributed by atoms with van der Waals surface area (Å²) in [4.78, 5) is 15.3. The first-order valence-corrected chi connectivity index (χ1v) is 9.17. The van der Waals surface area contributed by atoms with Crippen molar-refractivity contribution < 1.29 is 4.79 Å². The number of thiophene rings is 1. The van der Waals surface area contributed by atoms with Crippen molar-refractivity contribution in [3.05, 3.63) is 59.6 Å². The van der Waals surface area contributed by atoms with E-state index in [1.165, 1.54) is 0 Å². The van der Waals surface area contributed by atoms with Gasteiger partial charge < -0.3 is 10.6 Å². The zero-order valence-electron chi connectivity index (χ0n) is 14.5. The SMILES string of the molecule is CN(Cc1cn(-c2ccccc2)nc1-c1cccs1)C(=O)C1(N)CC1.Cl. The zero-order chi connectivity index (χ0) is 17.4. The predicted octanol–water partition coefficient (Wildman–Crippen LogP) is 3.47. The predicted molar refractivity (Wildman–Crippen MR) is 107 cm³/mol.